The monoisotopic (exact) mass is 642 g/mol. The van der Waals surface area contributed by atoms with Gasteiger partial charge in [-0.25, -0.2) is 0 Å². The van der Waals surface area contributed by atoms with E-state index in [1.807, 2.05) is 0 Å². The van der Waals surface area contributed by atoms with Crippen molar-refractivity contribution in [2.45, 2.75) is 30.5 Å². The number of benzene rings is 7. The summed E-state index contributed by atoms with van der Waals surface area (Å²) in [6, 6.07) is 28.0. The van der Waals surface area contributed by atoms with Crippen molar-refractivity contribution in [3.63, 3.8) is 0 Å². The van der Waals surface area contributed by atoms with E-state index < -0.39 is 8.07 Å². The Bertz CT molecular complexity index is 3700. The highest BCUT2D eigenvalue weighted by Gasteiger charge is 2.65. The molecule has 0 bridgehead atoms. The maximum Gasteiger partial charge on any atom is 0.0818 e. The van der Waals surface area contributed by atoms with Gasteiger partial charge in [-0.1, -0.05) is 115 Å². The molecule has 17 rings (SSSR count). The summed E-state index contributed by atoms with van der Waals surface area (Å²) in [5.74, 6) is 1.32. The van der Waals surface area contributed by atoms with E-state index in [-0.39, 0.29) is 5.41 Å². The molecule has 0 aliphatic heterocycles. The summed E-state index contributed by atoms with van der Waals surface area (Å²) < 4.78 is 0. The van der Waals surface area contributed by atoms with Crippen LogP contribution in [0.3, 0.4) is 0 Å². The second kappa shape index (κ2) is 6.29. The van der Waals surface area contributed by atoms with Crippen LogP contribution in [0.15, 0.2) is 90.5 Å². The average Bonchev–Trinajstić information content (AvgIpc) is 3.95. The van der Waals surface area contributed by atoms with Crippen LogP contribution in [0.4, 0.5) is 0 Å². The van der Waals surface area contributed by atoms with Gasteiger partial charge in [-0.05, 0) is 142 Å². The number of rotatable bonds is 3. The lowest BCUT2D eigenvalue weighted by atomic mass is 9.56. The molecule has 11 aromatic rings. The molecular formula is C49H26Si. The van der Waals surface area contributed by atoms with Gasteiger partial charge in [-0.15, -0.1) is 0 Å². The molecule has 0 radical (unpaired) electrons. The average molecular weight is 643 g/mol. The molecule has 1 heteroatoms. The lowest BCUT2D eigenvalue weighted by Crippen LogP contribution is -2.51. The fourth-order valence-electron chi connectivity index (χ4n) is 15.0. The van der Waals surface area contributed by atoms with Crippen LogP contribution in [-0.2, 0) is 5.41 Å². The standard InChI is InChI=1S/C49H26Si/c1-50(2,19-6-4-3-5-7-19)18-49-29-17-16-27-26-13-12-23-22-9-8-20-21-10-11-24-25-14-15-28(29)37-36(25)40-33(24)32(21)38-30(20)31(22)39-34(23)35(26)45(47(27)49)44-42(39)41(38)43(40)46(44)48(37)49/h3-17,26,45,47H,18H2,1-2H3. The molecule has 226 valence electrons. The van der Waals surface area contributed by atoms with Gasteiger partial charge in [0.2, 0.25) is 0 Å². The highest BCUT2D eigenvalue weighted by Crippen LogP contribution is 2.77. The molecule has 6 aliphatic carbocycles. The fraction of sp³-hybridized carbons (Fsp3) is 0.143. The van der Waals surface area contributed by atoms with E-state index in [4.69, 9.17) is 0 Å². The predicted octanol–water partition coefficient (Wildman–Crippen LogP) is 11.1. The van der Waals surface area contributed by atoms with Crippen LogP contribution in [0.2, 0.25) is 19.1 Å². The van der Waals surface area contributed by atoms with Crippen molar-refractivity contribution in [2.75, 3.05) is 0 Å². The van der Waals surface area contributed by atoms with Crippen molar-refractivity contribution in [1.29, 1.82) is 0 Å². The maximum absolute atomic E-state index is 2.68. The van der Waals surface area contributed by atoms with Gasteiger partial charge >= 0.3 is 0 Å². The highest BCUT2D eigenvalue weighted by molar-refractivity contribution is 6.90. The third kappa shape index (κ3) is 1.76. The van der Waals surface area contributed by atoms with Gasteiger partial charge < -0.3 is 0 Å². The van der Waals surface area contributed by atoms with Crippen molar-refractivity contribution in [2.24, 2.45) is 11.8 Å². The first-order chi connectivity index (χ1) is 24.6. The van der Waals surface area contributed by atoms with Crippen LogP contribution in [0.5, 0.6) is 0 Å². The number of hydrogen-bond donors (Lipinski definition) is 0. The zero-order valence-electron chi connectivity index (χ0n) is 27.6. The minimum atomic E-state index is -1.93. The summed E-state index contributed by atoms with van der Waals surface area (Å²) in [6.07, 6.45) is 10.5. The first kappa shape index (κ1) is 23.2. The first-order valence-corrected chi connectivity index (χ1v) is 22.0. The Labute approximate surface area is 286 Å². The predicted molar refractivity (Wildman–Crippen MR) is 215 cm³/mol. The molecular weight excluding hydrogens is 617 g/mol. The molecule has 0 heterocycles. The number of fused-ring (bicyclic) bond motifs is 5. The molecule has 0 amide bonds. The molecule has 6 aliphatic rings. The minimum absolute atomic E-state index is 0.0147. The van der Waals surface area contributed by atoms with Gasteiger partial charge in [0.1, 0.15) is 0 Å². The topological polar surface area (TPSA) is 0 Å². The van der Waals surface area contributed by atoms with Crippen LogP contribution >= 0.6 is 0 Å². The van der Waals surface area contributed by atoms with Gasteiger partial charge in [0.15, 0.2) is 0 Å². The number of hydrogen-bond acceptors (Lipinski definition) is 0. The fourth-order valence-corrected chi connectivity index (χ4v) is 18.3. The molecule has 11 aromatic carbocycles. The van der Waals surface area contributed by atoms with Crippen LogP contribution in [0.25, 0.3) is 114 Å². The van der Waals surface area contributed by atoms with E-state index in [1.165, 1.54) is 38.5 Å². The van der Waals surface area contributed by atoms with E-state index in [1.54, 1.807) is 114 Å². The smallest absolute Gasteiger partial charge is 0.0726 e. The van der Waals surface area contributed by atoms with E-state index in [2.05, 4.69) is 104 Å². The molecule has 0 nitrogen and oxygen atoms in total. The summed E-state index contributed by atoms with van der Waals surface area (Å²) in [5.41, 5.74) is 11.6. The largest absolute Gasteiger partial charge is 0.0818 e. The van der Waals surface area contributed by atoms with Gasteiger partial charge in [-0.3, -0.25) is 0 Å². The first-order valence-electron chi connectivity index (χ1n) is 18.8. The third-order valence-corrected chi connectivity index (χ3v) is 19.4. The van der Waals surface area contributed by atoms with Gasteiger partial charge in [0.05, 0.1) is 8.07 Å². The second-order valence-corrected chi connectivity index (χ2v) is 22.5. The molecule has 0 aromatic heterocycles. The van der Waals surface area contributed by atoms with Crippen LogP contribution in [-0.4, -0.2) is 8.07 Å². The summed E-state index contributed by atoms with van der Waals surface area (Å²) in [6.45, 7) is 5.36. The van der Waals surface area contributed by atoms with E-state index in [0.717, 1.165) is 0 Å². The van der Waals surface area contributed by atoms with E-state index in [0.29, 0.717) is 17.8 Å². The van der Waals surface area contributed by atoms with Crippen molar-refractivity contribution in [3.8, 4) is 0 Å². The Balaban J connectivity index is 1.26. The second-order valence-electron chi connectivity index (χ2n) is 17.8. The van der Waals surface area contributed by atoms with Gasteiger partial charge in [0, 0.05) is 23.2 Å². The Morgan fingerprint density at radius 3 is 2.00 bits per heavy atom. The quantitative estimate of drug-likeness (QED) is 0.133. The molecule has 1 saturated carbocycles. The van der Waals surface area contributed by atoms with Crippen molar-refractivity contribution >= 4 is 127 Å². The van der Waals surface area contributed by atoms with Gasteiger partial charge in [0.25, 0.3) is 0 Å². The zero-order chi connectivity index (χ0) is 31.6. The molecule has 0 N–H and O–H groups in total. The Morgan fingerprint density at radius 2 is 1.24 bits per heavy atom. The summed E-state index contributed by atoms with van der Waals surface area (Å²) in [7, 11) is -1.93. The zero-order valence-corrected chi connectivity index (χ0v) is 28.6. The Hall–Kier alpha value is -5.24. The molecule has 50 heavy (non-hydrogen) atoms. The molecule has 4 atom stereocenters. The molecule has 4 unspecified atom stereocenters. The normalized spacial score (nSPS) is 25.5. The summed E-state index contributed by atoms with van der Waals surface area (Å²) >= 11 is 0. The number of allylic oxidation sites excluding steroid dienone is 5. The Kier molecular flexibility index (Phi) is 2.92. The van der Waals surface area contributed by atoms with E-state index in [9.17, 15) is 0 Å². The van der Waals surface area contributed by atoms with Crippen molar-refractivity contribution in [1.82, 2.24) is 0 Å². The van der Waals surface area contributed by atoms with Gasteiger partial charge in [-0.2, -0.15) is 0 Å². The maximum atomic E-state index is 2.68. The van der Waals surface area contributed by atoms with Crippen LogP contribution in [0.1, 0.15) is 28.2 Å². The SMILES string of the molecule is C[Si](C)(CC12C3=CC=C4C5C=Cc6c7c8c9c(c%10c1c1c3ccc3c%11ccc%12c%13ccc6c8c%13c6c%12c%11c(c13)c%10c96)C(C=75)C42)c1ccccc1. The van der Waals surface area contributed by atoms with Crippen LogP contribution < -0.4 is 10.4 Å². The molecule has 1 fully saturated rings. The van der Waals surface area contributed by atoms with E-state index >= 15 is 0 Å². The molecule has 0 spiro atoms. The van der Waals surface area contributed by atoms with Crippen molar-refractivity contribution < 1.29 is 0 Å². The molecule has 0 saturated heterocycles. The van der Waals surface area contributed by atoms with Crippen molar-refractivity contribution in [3.05, 3.63) is 118 Å². The third-order valence-electron chi connectivity index (χ3n) is 16.0. The van der Waals surface area contributed by atoms with Crippen LogP contribution in [0, 0.1) is 11.8 Å². The minimum Gasteiger partial charge on any atom is -0.0726 e. The highest BCUT2D eigenvalue weighted by atomic mass is 28.3. The Morgan fingerprint density at radius 1 is 0.600 bits per heavy atom. The lowest BCUT2D eigenvalue weighted by molar-refractivity contribution is 0.406. The summed E-state index contributed by atoms with van der Waals surface area (Å²) in [5, 5.41) is 31.5. The lowest BCUT2D eigenvalue weighted by Gasteiger charge is -2.50. The summed E-state index contributed by atoms with van der Waals surface area (Å²) in [4.78, 5) is 0.